The second kappa shape index (κ2) is 4.56. The average Bonchev–Trinajstić information content (AvgIpc) is 2.47. The number of nitrogens with zero attached hydrogens (tertiary/aromatic N) is 1. The molecule has 0 amide bonds. The van der Waals surface area contributed by atoms with E-state index in [0.29, 0.717) is 11.0 Å². The molecule has 100 valence electrons. The quantitative estimate of drug-likeness (QED) is 0.442. The molecule has 0 atom stereocenters. The van der Waals surface area contributed by atoms with Crippen LogP contribution in [-0.4, -0.2) is 10.9 Å². The predicted molar refractivity (Wildman–Crippen MR) is 73.4 cm³/mol. The molecule has 0 saturated carbocycles. The Labute approximate surface area is 114 Å². The van der Waals surface area contributed by atoms with Crippen molar-refractivity contribution in [3.63, 3.8) is 0 Å². The number of carbonyl (C=O) groups excluding carboxylic acids is 1. The minimum Gasteiger partial charge on any atom is -0.506 e. The Morgan fingerprint density at radius 1 is 1.20 bits per heavy atom. The van der Waals surface area contributed by atoms with Crippen LogP contribution in [0.5, 0.6) is 5.75 Å². The number of aromatic nitrogens is 1. The van der Waals surface area contributed by atoms with Crippen molar-refractivity contribution in [3.05, 3.63) is 54.0 Å². The number of fused-ring (bicyclic) bond motifs is 3. The number of hydrogen-bond acceptors (Lipinski definition) is 2. The van der Waals surface area contributed by atoms with Gasteiger partial charge in [0.2, 0.25) is 11.0 Å². The van der Waals surface area contributed by atoms with E-state index < -0.39 is 5.82 Å². The molecule has 3 aromatic rings. The van der Waals surface area contributed by atoms with Crippen LogP contribution in [0, 0.1) is 5.82 Å². The first-order valence-electron chi connectivity index (χ1n) is 6.42. The number of hydrogen-bond donors (Lipinski definition) is 1. The molecule has 3 nitrogen and oxygen atoms in total. The van der Waals surface area contributed by atoms with Crippen LogP contribution in [0.4, 0.5) is 4.39 Å². The molecule has 0 saturated heterocycles. The van der Waals surface area contributed by atoms with Crippen LogP contribution in [-0.2, 0) is 0 Å². The topological polar surface area (TPSA) is 41.4 Å². The fourth-order valence-corrected chi connectivity index (χ4v) is 2.50. The highest BCUT2D eigenvalue weighted by molar-refractivity contribution is 6.07. The zero-order valence-corrected chi connectivity index (χ0v) is 10.9. The van der Waals surface area contributed by atoms with Crippen LogP contribution >= 0.6 is 0 Å². The van der Waals surface area contributed by atoms with Crippen molar-refractivity contribution in [2.45, 2.75) is 13.3 Å². The van der Waals surface area contributed by atoms with Crippen molar-refractivity contribution in [1.82, 2.24) is 0 Å². The number of benzene rings is 1. The fraction of sp³-hybridized carbons (Fsp3) is 0.125. The summed E-state index contributed by atoms with van der Waals surface area (Å²) in [4.78, 5) is 12.1. The maximum atomic E-state index is 14.0. The van der Waals surface area contributed by atoms with Crippen LogP contribution in [0.15, 0.2) is 42.6 Å². The lowest BCUT2D eigenvalue weighted by molar-refractivity contribution is -0.481. The van der Waals surface area contributed by atoms with E-state index >= 15 is 0 Å². The summed E-state index contributed by atoms with van der Waals surface area (Å²) < 4.78 is 15.8. The highest BCUT2D eigenvalue weighted by atomic mass is 19.1. The van der Waals surface area contributed by atoms with Crippen LogP contribution in [0.3, 0.4) is 0 Å². The molecule has 0 unspecified atom stereocenters. The Kier molecular flexibility index (Phi) is 2.86. The molecule has 0 aliphatic rings. The maximum absolute atomic E-state index is 14.0. The Morgan fingerprint density at radius 3 is 2.70 bits per heavy atom. The van der Waals surface area contributed by atoms with Gasteiger partial charge in [-0.15, -0.1) is 0 Å². The summed E-state index contributed by atoms with van der Waals surface area (Å²) in [5.74, 6) is -1.03. The van der Waals surface area contributed by atoms with E-state index in [4.69, 9.17) is 0 Å². The summed E-state index contributed by atoms with van der Waals surface area (Å²) >= 11 is 0. The lowest BCUT2D eigenvalue weighted by atomic mass is 10.0. The first kappa shape index (κ1) is 12.5. The minimum absolute atomic E-state index is 0.0769. The third kappa shape index (κ3) is 1.65. The summed E-state index contributed by atoms with van der Waals surface area (Å²) in [6.45, 7) is 1.72. The van der Waals surface area contributed by atoms with E-state index in [2.05, 4.69) is 0 Å². The largest absolute Gasteiger partial charge is 0.506 e. The van der Waals surface area contributed by atoms with Gasteiger partial charge in [0.25, 0.3) is 0 Å². The number of carbonyl (C=O) groups is 1. The van der Waals surface area contributed by atoms with Crippen LogP contribution < -0.4 is 4.40 Å². The first-order valence-corrected chi connectivity index (χ1v) is 6.42. The average molecular weight is 270 g/mol. The lowest BCUT2D eigenvalue weighted by Gasteiger charge is -2.07. The number of Topliss-reactive ketones (excluding diaryl/α,β-unsaturated/α-hetero) is 1. The van der Waals surface area contributed by atoms with Crippen molar-refractivity contribution < 1.29 is 18.7 Å². The highest BCUT2D eigenvalue weighted by Crippen LogP contribution is 2.31. The molecule has 2 heterocycles. The summed E-state index contributed by atoms with van der Waals surface area (Å²) in [6, 6.07) is 9.90. The van der Waals surface area contributed by atoms with Gasteiger partial charge in [0, 0.05) is 24.6 Å². The third-order valence-electron chi connectivity index (χ3n) is 3.44. The molecule has 0 aliphatic carbocycles. The molecule has 3 rings (SSSR count). The van der Waals surface area contributed by atoms with E-state index in [9.17, 15) is 14.3 Å². The lowest BCUT2D eigenvalue weighted by Crippen LogP contribution is -2.25. The predicted octanol–water partition coefficient (Wildman–Crippen LogP) is 3.02. The van der Waals surface area contributed by atoms with Crippen molar-refractivity contribution >= 4 is 22.2 Å². The molecular formula is C16H13FNO2+. The van der Waals surface area contributed by atoms with E-state index in [1.807, 2.05) is 0 Å². The van der Waals surface area contributed by atoms with E-state index in [1.54, 1.807) is 47.9 Å². The fourth-order valence-electron chi connectivity index (χ4n) is 2.50. The zero-order valence-electron chi connectivity index (χ0n) is 10.9. The minimum atomic E-state index is -0.539. The maximum Gasteiger partial charge on any atom is 0.225 e. The van der Waals surface area contributed by atoms with Crippen molar-refractivity contribution in [2.24, 2.45) is 0 Å². The van der Waals surface area contributed by atoms with E-state index in [1.165, 1.54) is 6.07 Å². The normalized spacial score (nSPS) is 11.1. The molecule has 4 heteroatoms. The molecule has 0 aliphatic heterocycles. The molecular weight excluding hydrogens is 257 g/mol. The second-order valence-corrected chi connectivity index (χ2v) is 4.59. The standard InChI is InChI=1S/C16H12FNO2/c1-2-13(19)15-12-7-3-4-9-18(12)11-8-5-6-10(17)14(11)16(15)20/h3-9H,2H2,1H3/p+1. The third-order valence-corrected chi connectivity index (χ3v) is 3.44. The number of ketones is 1. The van der Waals surface area contributed by atoms with Gasteiger partial charge in [-0.2, -0.15) is 4.40 Å². The van der Waals surface area contributed by atoms with Crippen molar-refractivity contribution in [3.8, 4) is 5.75 Å². The second-order valence-electron chi connectivity index (χ2n) is 4.59. The number of pyridine rings is 2. The zero-order chi connectivity index (χ0) is 14.3. The molecule has 1 N–H and O–H groups in total. The van der Waals surface area contributed by atoms with Gasteiger partial charge in [-0.25, -0.2) is 4.39 Å². The summed E-state index contributed by atoms with van der Waals surface area (Å²) in [5, 5.41) is 10.4. The van der Waals surface area contributed by atoms with Gasteiger partial charge in [0.1, 0.15) is 22.5 Å². The highest BCUT2D eigenvalue weighted by Gasteiger charge is 2.25. The molecule has 20 heavy (non-hydrogen) atoms. The van der Waals surface area contributed by atoms with Crippen molar-refractivity contribution in [2.75, 3.05) is 0 Å². The molecule has 0 spiro atoms. The Bertz CT molecular complexity index is 843. The van der Waals surface area contributed by atoms with Gasteiger partial charge in [-0.05, 0) is 12.1 Å². The number of aromatic hydroxyl groups is 1. The van der Waals surface area contributed by atoms with Gasteiger partial charge < -0.3 is 5.11 Å². The smallest absolute Gasteiger partial charge is 0.225 e. The van der Waals surface area contributed by atoms with Gasteiger partial charge in [-0.3, -0.25) is 4.79 Å². The SMILES string of the molecule is CCC(=O)c1c(O)c2c(F)cccc2[n+]2ccccc12. The Morgan fingerprint density at radius 2 is 1.95 bits per heavy atom. The summed E-state index contributed by atoms with van der Waals surface area (Å²) in [5.41, 5.74) is 1.28. The van der Waals surface area contributed by atoms with E-state index in [0.717, 1.165) is 0 Å². The van der Waals surface area contributed by atoms with Gasteiger partial charge in [0.15, 0.2) is 12.0 Å². The molecule has 1 aromatic carbocycles. The van der Waals surface area contributed by atoms with Gasteiger partial charge in [-0.1, -0.05) is 13.0 Å². The Hall–Kier alpha value is -2.49. The van der Waals surface area contributed by atoms with Crippen LogP contribution in [0.2, 0.25) is 0 Å². The molecule has 0 fully saturated rings. The molecule has 2 aromatic heterocycles. The Balaban J connectivity index is 2.62. The molecule has 0 radical (unpaired) electrons. The monoisotopic (exact) mass is 270 g/mol. The van der Waals surface area contributed by atoms with Gasteiger partial charge >= 0.3 is 0 Å². The van der Waals surface area contributed by atoms with Gasteiger partial charge in [0.05, 0.1) is 0 Å². The first-order chi connectivity index (χ1) is 9.65. The summed E-state index contributed by atoms with van der Waals surface area (Å²) in [7, 11) is 0. The van der Waals surface area contributed by atoms with Crippen LogP contribution in [0.1, 0.15) is 23.7 Å². The van der Waals surface area contributed by atoms with Crippen LogP contribution in [0.25, 0.3) is 16.4 Å². The summed E-state index contributed by atoms with van der Waals surface area (Å²) in [6.07, 6.45) is 2.00. The van der Waals surface area contributed by atoms with E-state index in [-0.39, 0.29) is 28.9 Å². The molecule has 0 bridgehead atoms. The number of rotatable bonds is 2. The van der Waals surface area contributed by atoms with Crippen molar-refractivity contribution in [1.29, 1.82) is 0 Å². The number of halogens is 1.